The minimum absolute atomic E-state index is 0.0549. The Hall–Kier alpha value is -1.44. The Kier molecular flexibility index (Phi) is 5.30. The summed E-state index contributed by atoms with van der Waals surface area (Å²) in [5, 5.41) is 7.07. The van der Waals surface area contributed by atoms with Gasteiger partial charge in [-0.1, -0.05) is 0 Å². The van der Waals surface area contributed by atoms with Gasteiger partial charge in [0.1, 0.15) is 0 Å². The van der Waals surface area contributed by atoms with Crippen LogP contribution >= 0.6 is 0 Å². The van der Waals surface area contributed by atoms with E-state index in [1.165, 1.54) is 5.56 Å². The van der Waals surface area contributed by atoms with Gasteiger partial charge in [0.2, 0.25) is 5.91 Å². The molecule has 2 aliphatic heterocycles. The van der Waals surface area contributed by atoms with Gasteiger partial charge < -0.3 is 14.8 Å². The maximum atomic E-state index is 11.8. The number of rotatable bonds is 7. The SMILES string of the molecule is COCCNC(=O)C[C@H]1C[C@H]2CN(Cc3cnn(C)c3)C[C@H]2O1. The Balaban J connectivity index is 1.40. The zero-order chi connectivity index (χ0) is 16.2. The second kappa shape index (κ2) is 7.42. The number of nitrogens with one attached hydrogen (secondary N) is 1. The van der Waals surface area contributed by atoms with Crippen molar-refractivity contribution in [1.82, 2.24) is 20.0 Å². The number of nitrogens with zero attached hydrogens (tertiary/aromatic N) is 3. The topological polar surface area (TPSA) is 68.6 Å². The van der Waals surface area contributed by atoms with Crippen molar-refractivity contribution in [3.63, 3.8) is 0 Å². The summed E-state index contributed by atoms with van der Waals surface area (Å²) in [4.78, 5) is 14.3. The normalized spacial score (nSPS) is 27.3. The molecule has 1 N–H and O–H groups in total. The van der Waals surface area contributed by atoms with E-state index in [0.717, 1.165) is 26.1 Å². The first-order valence-electron chi connectivity index (χ1n) is 8.25. The monoisotopic (exact) mass is 322 g/mol. The van der Waals surface area contributed by atoms with Crippen molar-refractivity contribution >= 4 is 5.91 Å². The predicted molar refractivity (Wildman–Crippen MR) is 84.8 cm³/mol. The van der Waals surface area contributed by atoms with E-state index in [-0.39, 0.29) is 18.1 Å². The molecule has 2 aliphatic rings. The van der Waals surface area contributed by atoms with Gasteiger partial charge in [0.15, 0.2) is 0 Å². The fraction of sp³-hybridized carbons (Fsp3) is 0.750. The van der Waals surface area contributed by atoms with Gasteiger partial charge in [-0.15, -0.1) is 0 Å². The van der Waals surface area contributed by atoms with Gasteiger partial charge in [0.25, 0.3) is 0 Å². The number of ether oxygens (including phenoxy) is 2. The summed E-state index contributed by atoms with van der Waals surface area (Å²) in [6.07, 6.45) is 5.74. The molecule has 128 valence electrons. The minimum atomic E-state index is 0.0549. The van der Waals surface area contributed by atoms with E-state index in [4.69, 9.17) is 9.47 Å². The number of likely N-dealkylation sites (tertiary alicyclic amines) is 1. The van der Waals surface area contributed by atoms with Crippen LogP contribution in [0.3, 0.4) is 0 Å². The van der Waals surface area contributed by atoms with Crippen LogP contribution in [0, 0.1) is 5.92 Å². The molecule has 2 saturated heterocycles. The molecule has 0 aromatic carbocycles. The molecule has 3 rings (SSSR count). The van der Waals surface area contributed by atoms with Crippen LogP contribution < -0.4 is 5.32 Å². The number of fused-ring (bicyclic) bond motifs is 1. The van der Waals surface area contributed by atoms with Gasteiger partial charge in [0, 0.05) is 58.0 Å². The van der Waals surface area contributed by atoms with Gasteiger partial charge in [-0.05, 0) is 6.42 Å². The van der Waals surface area contributed by atoms with Gasteiger partial charge >= 0.3 is 0 Å². The Morgan fingerprint density at radius 2 is 2.39 bits per heavy atom. The lowest BCUT2D eigenvalue weighted by Crippen LogP contribution is -2.31. The standard InChI is InChI=1S/C16H26N4O3/c1-19-8-12(7-18-19)9-20-10-13-5-14(23-15(13)11-20)6-16(21)17-3-4-22-2/h7-8,13-15H,3-6,9-11H2,1-2H3,(H,17,21)/t13-,14+,15+/m0/s1. The molecular weight excluding hydrogens is 296 g/mol. The van der Waals surface area contributed by atoms with Gasteiger partial charge in [-0.25, -0.2) is 0 Å². The maximum Gasteiger partial charge on any atom is 0.222 e. The first-order valence-corrected chi connectivity index (χ1v) is 8.25. The highest BCUT2D eigenvalue weighted by Crippen LogP contribution is 2.34. The Bertz CT molecular complexity index is 519. The quantitative estimate of drug-likeness (QED) is 0.725. The minimum Gasteiger partial charge on any atom is -0.383 e. The van der Waals surface area contributed by atoms with Crippen molar-refractivity contribution in [1.29, 1.82) is 0 Å². The molecule has 2 fully saturated rings. The molecule has 0 spiro atoms. The van der Waals surface area contributed by atoms with Gasteiger partial charge in [-0.3, -0.25) is 14.4 Å². The number of methoxy groups -OCH3 is 1. The third-order valence-electron chi connectivity index (χ3n) is 4.60. The summed E-state index contributed by atoms with van der Waals surface area (Å²) in [6.45, 7) is 4.02. The van der Waals surface area contributed by atoms with E-state index in [1.54, 1.807) is 7.11 Å². The number of aryl methyl sites for hydroxylation is 1. The Morgan fingerprint density at radius 3 is 3.09 bits per heavy atom. The van der Waals surface area contributed by atoms with Crippen LogP contribution in [-0.2, 0) is 27.9 Å². The van der Waals surface area contributed by atoms with E-state index < -0.39 is 0 Å². The Morgan fingerprint density at radius 1 is 1.52 bits per heavy atom. The fourth-order valence-corrected chi connectivity index (χ4v) is 3.59. The first kappa shape index (κ1) is 16.4. The van der Waals surface area contributed by atoms with Crippen LogP contribution in [0.1, 0.15) is 18.4 Å². The van der Waals surface area contributed by atoms with Crippen LogP contribution in [0.2, 0.25) is 0 Å². The van der Waals surface area contributed by atoms with Crippen LogP contribution in [-0.4, -0.2) is 66.1 Å². The Labute approximate surface area is 136 Å². The average molecular weight is 322 g/mol. The zero-order valence-corrected chi connectivity index (χ0v) is 13.9. The predicted octanol–water partition coefficient (Wildman–Crippen LogP) is 0.162. The molecule has 1 amide bonds. The van der Waals surface area contributed by atoms with E-state index >= 15 is 0 Å². The van der Waals surface area contributed by atoms with Crippen molar-refractivity contribution in [2.45, 2.75) is 31.6 Å². The summed E-state index contributed by atoms with van der Waals surface area (Å²) in [5.74, 6) is 0.600. The molecule has 0 saturated carbocycles. The van der Waals surface area contributed by atoms with Crippen molar-refractivity contribution in [2.75, 3.05) is 33.4 Å². The lowest BCUT2D eigenvalue weighted by atomic mass is 10.0. The highest BCUT2D eigenvalue weighted by Gasteiger charge is 2.42. The summed E-state index contributed by atoms with van der Waals surface area (Å²) in [5.41, 5.74) is 1.24. The van der Waals surface area contributed by atoms with Crippen LogP contribution in [0.5, 0.6) is 0 Å². The third kappa shape index (κ3) is 4.31. The molecule has 7 nitrogen and oxygen atoms in total. The third-order valence-corrected chi connectivity index (χ3v) is 4.60. The number of carbonyl (C=O) groups is 1. The van der Waals surface area contributed by atoms with Crippen molar-refractivity contribution in [3.8, 4) is 0 Å². The van der Waals surface area contributed by atoms with Crippen LogP contribution in [0.4, 0.5) is 0 Å². The maximum absolute atomic E-state index is 11.8. The molecule has 0 bridgehead atoms. The zero-order valence-electron chi connectivity index (χ0n) is 13.9. The lowest BCUT2D eigenvalue weighted by molar-refractivity contribution is -0.124. The van der Waals surface area contributed by atoms with E-state index in [1.807, 2.05) is 17.9 Å². The molecule has 7 heteroatoms. The molecule has 0 unspecified atom stereocenters. The van der Waals surface area contributed by atoms with E-state index in [0.29, 0.717) is 25.5 Å². The smallest absolute Gasteiger partial charge is 0.222 e. The van der Waals surface area contributed by atoms with Crippen molar-refractivity contribution in [2.24, 2.45) is 13.0 Å². The van der Waals surface area contributed by atoms with Crippen LogP contribution in [0.25, 0.3) is 0 Å². The highest BCUT2D eigenvalue weighted by molar-refractivity contribution is 5.76. The summed E-state index contributed by atoms with van der Waals surface area (Å²) in [7, 11) is 3.57. The molecule has 3 heterocycles. The number of hydrogen-bond donors (Lipinski definition) is 1. The summed E-state index contributed by atoms with van der Waals surface area (Å²) >= 11 is 0. The van der Waals surface area contributed by atoms with Gasteiger partial charge in [0.05, 0.1) is 31.4 Å². The largest absolute Gasteiger partial charge is 0.383 e. The molecule has 0 aliphatic carbocycles. The van der Waals surface area contributed by atoms with E-state index in [2.05, 4.69) is 21.5 Å². The number of aromatic nitrogens is 2. The molecule has 3 atom stereocenters. The molecular formula is C16H26N4O3. The van der Waals surface area contributed by atoms with E-state index in [9.17, 15) is 4.79 Å². The second-order valence-corrected chi connectivity index (χ2v) is 6.56. The summed E-state index contributed by atoms with van der Waals surface area (Å²) in [6, 6.07) is 0. The number of carbonyl (C=O) groups excluding carboxylic acids is 1. The van der Waals surface area contributed by atoms with Crippen molar-refractivity contribution in [3.05, 3.63) is 18.0 Å². The second-order valence-electron chi connectivity index (χ2n) is 6.56. The fourth-order valence-electron chi connectivity index (χ4n) is 3.59. The molecule has 1 aromatic rings. The average Bonchev–Trinajstić information content (AvgIpc) is 3.15. The highest BCUT2D eigenvalue weighted by atomic mass is 16.5. The number of amides is 1. The van der Waals surface area contributed by atoms with Gasteiger partial charge in [-0.2, -0.15) is 5.10 Å². The van der Waals surface area contributed by atoms with Crippen LogP contribution in [0.15, 0.2) is 12.4 Å². The summed E-state index contributed by atoms with van der Waals surface area (Å²) < 4.78 is 12.8. The number of hydrogen-bond acceptors (Lipinski definition) is 5. The molecule has 0 radical (unpaired) electrons. The first-order chi connectivity index (χ1) is 11.1. The molecule has 1 aromatic heterocycles. The lowest BCUT2D eigenvalue weighted by Gasteiger charge is -2.18. The van der Waals surface area contributed by atoms with Crippen molar-refractivity contribution < 1.29 is 14.3 Å². The molecule has 23 heavy (non-hydrogen) atoms.